The number of hydrogen-bond acceptors (Lipinski definition) is 6. The van der Waals surface area contributed by atoms with Crippen LogP contribution in [0.2, 0.25) is 0 Å². The quantitative estimate of drug-likeness (QED) is 0.521. The van der Waals surface area contributed by atoms with Crippen molar-refractivity contribution < 1.29 is 23.9 Å². The molecule has 1 unspecified atom stereocenters. The zero-order valence-electron chi connectivity index (χ0n) is 16.8. The highest BCUT2D eigenvalue weighted by atomic mass is 16.5. The van der Waals surface area contributed by atoms with Gasteiger partial charge < -0.3 is 15.4 Å². The number of imide groups is 1. The second kappa shape index (κ2) is 8.95. The minimum absolute atomic E-state index is 0.0153. The fourth-order valence-corrected chi connectivity index (χ4v) is 3.76. The zero-order chi connectivity index (χ0) is 21.7. The third-order valence-corrected chi connectivity index (χ3v) is 5.42. The molecule has 9 nitrogen and oxygen atoms in total. The number of urea groups is 1. The molecule has 1 aliphatic heterocycles. The van der Waals surface area contributed by atoms with Gasteiger partial charge in [-0.1, -0.05) is 12.8 Å². The first-order valence-corrected chi connectivity index (χ1v) is 9.99. The van der Waals surface area contributed by atoms with Gasteiger partial charge in [0.05, 0.1) is 11.6 Å². The number of nitrogens with zero attached hydrogens (tertiary/aromatic N) is 2. The molecular formula is C21H24N4O5. The Bertz CT molecular complexity index is 884. The number of hydrogen-bond donors (Lipinski definition) is 2. The van der Waals surface area contributed by atoms with Crippen molar-refractivity contribution in [3.8, 4) is 6.07 Å². The Kier molecular flexibility index (Phi) is 6.35. The summed E-state index contributed by atoms with van der Waals surface area (Å²) in [5, 5.41) is 14.2. The first-order valence-electron chi connectivity index (χ1n) is 9.99. The molecule has 0 aromatic heterocycles. The van der Waals surface area contributed by atoms with Gasteiger partial charge in [-0.25, -0.2) is 4.79 Å². The number of amides is 4. The summed E-state index contributed by atoms with van der Waals surface area (Å²) in [6, 6.07) is 7.87. The standard InChI is InChI=1S/C21H24N4O5/c1-14(18(27)23-16-8-6-15(13-22)7-9-16)30-17(26)5-4-12-25-19(28)21(24-20(25)29)10-2-3-11-21/h6-9,14H,2-5,10-12H2,1H3,(H,23,27)(H,24,29). The second-order valence-corrected chi connectivity index (χ2v) is 7.59. The Morgan fingerprint density at radius 1 is 1.27 bits per heavy atom. The summed E-state index contributed by atoms with van der Waals surface area (Å²) >= 11 is 0. The van der Waals surface area contributed by atoms with Crippen molar-refractivity contribution >= 4 is 29.5 Å². The molecule has 0 radical (unpaired) electrons. The predicted molar refractivity (Wildman–Crippen MR) is 106 cm³/mol. The molecule has 1 aliphatic carbocycles. The van der Waals surface area contributed by atoms with Crippen molar-refractivity contribution in [1.82, 2.24) is 10.2 Å². The smallest absolute Gasteiger partial charge is 0.325 e. The highest BCUT2D eigenvalue weighted by Crippen LogP contribution is 2.35. The second-order valence-electron chi connectivity index (χ2n) is 7.59. The van der Waals surface area contributed by atoms with Crippen LogP contribution in [-0.2, 0) is 19.1 Å². The van der Waals surface area contributed by atoms with E-state index in [1.54, 1.807) is 24.3 Å². The molecule has 2 N–H and O–H groups in total. The van der Waals surface area contributed by atoms with Gasteiger partial charge in [-0.05, 0) is 50.5 Å². The van der Waals surface area contributed by atoms with E-state index in [2.05, 4.69) is 10.6 Å². The lowest BCUT2D eigenvalue weighted by atomic mass is 9.98. The van der Waals surface area contributed by atoms with E-state index in [0.717, 1.165) is 12.8 Å². The summed E-state index contributed by atoms with van der Waals surface area (Å²) in [6.07, 6.45) is 2.37. The SMILES string of the molecule is CC(OC(=O)CCCN1C(=O)NC2(CCCC2)C1=O)C(=O)Nc1ccc(C#N)cc1. The Hall–Kier alpha value is -3.41. The van der Waals surface area contributed by atoms with Gasteiger partial charge in [0.25, 0.3) is 11.8 Å². The monoisotopic (exact) mass is 412 g/mol. The molecule has 1 saturated heterocycles. The number of ether oxygens (including phenoxy) is 1. The molecule has 1 heterocycles. The van der Waals surface area contributed by atoms with Gasteiger partial charge in [0, 0.05) is 18.7 Å². The summed E-state index contributed by atoms with van der Waals surface area (Å²) in [4.78, 5) is 50.0. The minimum Gasteiger partial charge on any atom is -0.453 e. The Morgan fingerprint density at radius 3 is 2.57 bits per heavy atom. The van der Waals surface area contributed by atoms with E-state index in [1.807, 2.05) is 6.07 Å². The molecule has 1 aromatic carbocycles. The Labute approximate surface area is 174 Å². The van der Waals surface area contributed by atoms with E-state index in [4.69, 9.17) is 10.00 Å². The van der Waals surface area contributed by atoms with Crippen LogP contribution in [0.5, 0.6) is 0 Å². The van der Waals surface area contributed by atoms with Gasteiger partial charge in [-0.3, -0.25) is 19.3 Å². The molecule has 0 bridgehead atoms. The number of esters is 1. The van der Waals surface area contributed by atoms with Crippen LogP contribution in [0.4, 0.5) is 10.5 Å². The average molecular weight is 412 g/mol. The molecule has 2 fully saturated rings. The lowest BCUT2D eigenvalue weighted by Crippen LogP contribution is -2.44. The van der Waals surface area contributed by atoms with Crippen molar-refractivity contribution in [2.24, 2.45) is 0 Å². The van der Waals surface area contributed by atoms with Gasteiger partial charge in [0.1, 0.15) is 5.54 Å². The first kappa shape index (κ1) is 21.3. The van der Waals surface area contributed by atoms with Crippen molar-refractivity contribution in [2.75, 3.05) is 11.9 Å². The molecule has 2 aliphatic rings. The molecule has 4 amide bonds. The number of nitrogens with one attached hydrogen (secondary N) is 2. The van der Waals surface area contributed by atoms with Crippen molar-refractivity contribution in [3.63, 3.8) is 0 Å². The highest BCUT2D eigenvalue weighted by molar-refractivity contribution is 6.07. The molecule has 3 rings (SSSR count). The van der Waals surface area contributed by atoms with Crippen LogP contribution in [0.1, 0.15) is 51.0 Å². The molecular weight excluding hydrogens is 388 g/mol. The first-order chi connectivity index (χ1) is 14.3. The topological polar surface area (TPSA) is 129 Å². The van der Waals surface area contributed by atoms with E-state index in [0.29, 0.717) is 24.1 Å². The highest BCUT2D eigenvalue weighted by Gasteiger charge is 2.52. The van der Waals surface area contributed by atoms with Crippen molar-refractivity contribution in [1.29, 1.82) is 5.26 Å². The van der Waals surface area contributed by atoms with Crippen LogP contribution in [0, 0.1) is 11.3 Å². The lowest BCUT2D eigenvalue weighted by Gasteiger charge is -2.20. The largest absolute Gasteiger partial charge is 0.453 e. The van der Waals surface area contributed by atoms with Crippen LogP contribution in [-0.4, -0.2) is 46.9 Å². The van der Waals surface area contributed by atoms with Crippen LogP contribution < -0.4 is 10.6 Å². The zero-order valence-corrected chi connectivity index (χ0v) is 16.8. The molecule has 1 saturated carbocycles. The van der Waals surface area contributed by atoms with Crippen LogP contribution in [0.25, 0.3) is 0 Å². The van der Waals surface area contributed by atoms with Gasteiger partial charge >= 0.3 is 12.0 Å². The van der Waals surface area contributed by atoms with Crippen LogP contribution >= 0.6 is 0 Å². The van der Waals surface area contributed by atoms with Gasteiger partial charge in [-0.2, -0.15) is 5.26 Å². The molecule has 1 atom stereocenters. The number of carbonyl (C=O) groups excluding carboxylic acids is 4. The number of benzene rings is 1. The van der Waals surface area contributed by atoms with Crippen LogP contribution in [0.15, 0.2) is 24.3 Å². The Balaban J connectivity index is 1.41. The van der Waals surface area contributed by atoms with E-state index in [-0.39, 0.29) is 25.3 Å². The molecule has 1 aromatic rings. The number of nitriles is 1. The van der Waals surface area contributed by atoms with Crippen molar-refractivity contribution in [3.05, 3.63) is 29.8 Å². The normalized spacial score (nSPS) is 18.1. The predicted octanol–water partition coefficient (Wildman–Crippen LogP) is 2.07. The number of carbonyl (C=O) groups is 4. The maximum atomic E-state index is 12.6. The maximum absolute atomic E-state index is 12.6. The van der Waals surface area contributed by atoms with Gasteiger partial charge in [-0.15, -0.1) is 0 Å². The van der Waals surface area contributed by atoms with Crippen molar-refractivity contribution in [2.45, 2.75) is 57.1 Å². The summed E-state index contributed by atoms with van der Waals surface area (Å²) in [7, 11) is 0. The summed E-state index contributed by atoms with van der Waals surface area (Å²) in [5.41, 5.74) is 0.202. The summed E-state index contributed by atoms with van der Waals surface area (Å²) in [5.74, 6) is -1.29. The lowest BCUT2D eigenvalue weighted by molar-refractivity contribution is -0.153. The van der Waals surface area contributed by atoms with Gasteiger partial charge in [0.15, 0.2) is 6.10 Å². The fourth-order valence-electron chi connectivity index (χ4n) is 3.76. The molecule has 9 heteroatoms. The molecule has 1 spiro atoms. The third kappa shape index (κ3) is 4.59. The van der Waals surface area contributed by atoms with E-state index < -0.39 is 29.6 Å². The Morgan fingerprint density at radius 2 is 1.93 bits per heavy atom. The van der Waals surface area contributed by atoms with E-state index in [1.165, 1.54) is 11.8 Å². The maximum Gasteiger partial charge on any atom is 0.325 e. The average Bonchev–Trinajstić information content (AvgIpc) is 3.28. The molecule has 30 heavy (non-hydrogen) atoms. The third-order valence-electron chi connectivity index (χ3n) is 5.42. The summed E-state index contributed by atoms with van der Waals surface area (Å²) in [6.45, 7) is 1.59. The summed E-state index contributed by atoms with van der Waals surface area (Å²) < 4.78 is 5.13. The fraction of sp³-hybridized carbons (Fsp3) is 0.476. The van der Waals surface area contributed by atoms with Gasteiger partial charge in [0.2, 0.25) is 0 Å². The number of anilines is 1. The van der Waals surface area contributed by atoms with E-state index >= 15 is 0 Å². The van der Waals surface area contributed by atoms with E-state index in [9.17, 15) is 19.2 Å². The minimum atomic E-state index is -1.01. The van der Waals surface area contributed by atoms with Crippen LogP contribution in [0.3, 0.4) is 0 Å². The number of rotatable bonds is 7. The molecule has 158 valence electrons.